The van der Waals surface area contributed by atoms with E-state index in [1.165, 1.54) is 0 Å². The molecule has 4 heavy (non-hydrogen) atoms. The van der Waals surface area contributed by atoms with Crippen molar-refractivity contribution in [1.82, 2.24) is 0 Å². The van der Waals surface area contributed by atoms with E-state index in [0.717, 1.165) is 0 Å². The molecule has 0 aromatic heterocycles. The molecule has 0 fully saturated rings. The summed E-state index contributed by atoms with van der Waals surface area (Å²) in [5.41, 5.74) is 0. The minimum atomic E-state index is 0. The van der Waals surface area contributed by atoms with Crippen molar-refractivity contribution in [2.75, 3.05) is 0 Å². The predicted molar refractivity (Wildman–Crippen MR) is 0 cm³/mol. The van der Waals surface area contributed by atoms with Crippen molar-refractivity contribution in [1.29, 1.82) is 0 Å². The van der Waals surface area contributed by atoms with Crippen molar-refractivity contribution in [2.45, 2.75) is 0 Å². The molecule has 0 aromatic rings. The Morgan fingerprint density at radius 2 is 1.00 bits per heavy atom. The largest absolute Gasteiger partial charge is 0 e. The SMILES string of the molecule is [Cr].[Cu].[W].[Zr]. The summed E-state index contributed by atoms with van der Waals surface area (Å²) >= 11 is 0. The molecule has 0 amide bonds. The van der Waals surface area contributed by atoms with Gasteiger partial charge in [0, 0.05) is 81.7 Å². The van der Waals surface area contributed by atoms with Crippen LogP contribution in [0.1, 0.15) is 0 Å². The van der Waals surface area contributed by atoms with E-state index in [1.807, 2.05) is 0 Å². The number of hydrogen-bond acceptors (Lipinski definition) is 0. The summed E-state index contributed by atoms with van der Waals surface area (Å²) in [7, 11) is 0. The maximum absolute atomic E-state index is 0. The van der Waals surface area contributed by atoms with Crippen molar-refractivity contribution in [2.24, 2.45) is 0 Å². The number of rotatable bonds is 0. The van der Waals surface area contributed by atoms with Crippen molar-refractivity contribution < 1.29 is 81.7 Å². The second-order valence-electron chi connectivity index (χ2n) is 0. The topological polar surface area (TPSA) is 0 Å². The molecule has 0 N–H and O–H groups in total. The molecule has 1 radical (unpaired) electrons. The van der Waals surface area contributed by atoms with Crippen LogP contribution in [-0.2, 0) is 81.7 Å². The van der Waals surface area contributed by atoms with E-state index in [4.69, 9.17) is 0 Å². The van der Waals surface area contributed by atoms with Crippen molar-refractivity contribution in [3.8, 4) is 0 Å². The van der Waals surface area contributed by atoms with Crippen LogP contribution in [-0.4, -0.2) is 0 Å². The minimum absolute atomic E-state index is 0. The minimum Gasteiger partial charge on any atom is 0 e. The molecule has 0 atom stereocenters. The van der Waals surface area contributed by atoms with Crippen LogP contribution in [0.3, 0.4) is 0 Å². The zero-order valence-electron chi connectivity index (χ0n) is 1.62. The van der Waals surface area contributed by atoms with Gasteiger partial charge in [-0.3, -0.25) is 0 Å². The van der Waals surface area contributed by atoms with E-state index in [0.29, 0.717) is 0 Å². The molecule has 0 saturated carbocycles. The summed E-state index contributed by atoms with van der Waals surface area (Å²) in [6.45, 7) is 0. The van der Waals surface area contributed by atoms with Gasteiger partial charge in [-0.1, -0.05) is 0 Å². The van der Waals surface area contributed by atoms with Gasteiger partial charge in [-0.2, -0.15) is 0 Å². The quantitative estimate of drug-likeness (QED) is 0.511. The smallest absolute Gasteiger partial charge is 0 e. The first-order valence-corrected chi connectivity index (χ1v) is 0. The molecule has 0 aliphatic carbocycles. The van der Waals surface area contributed by atoms with E-state index in [9.17, 15) is 0 Å². The van der Waals surface area contributed by atoms with Gasteiger partial charge in [0.1, 0.15) is 0 Å². The van der Waals surface area contributed by atoms with Gasteiger partial charge in [-0.15, -0.1) is 0 Å². The van der Waals surface area contributed by atoms with E-state index in [1.54, 1.807) is 0 Å². The molecule has 0 aliphatic rings. The third-order valence-electron chi connectivity index (χ3n) is 0. The van der Waals surface area contributed by atoms with Gasteiger partial charge >= 0.3 is 0 Å². The maximum Gasteiger partial charge on any atom is 0 e. The van der Waals surface area contributed by atoms with E-state index < -0.39 is 0 Å². The van der Waals surface area contributed by atoms with Gasteiger partial charge in [0.05, 0.1) is 0 Å². The Kier molecular flexibility index (Phi) is 133. The first-order valence-electron chi connectivity index (χ1n) is 0. The fourth-order valence-corrected chi connectivity index (χ4v) is 0. The van der Waals surface area contributed by atoms with Crippen molar-refractivity contribution in [3.05, 3.63) is 0 Å². The van der Waals surface area contributed by atoms with Gasteiger partial charge < -0.3 is 0 Å². The van der Waals surface area contributed by atoms with Gasteiger partial charge in [0.2, 0.25) is 0 Å². The Bertz CT molecular complexity index is 8.00. The third-order valence-corrected chi connectivity index (χ3v) is 0. The Morgan fingerprint density at radius 1 is 1.00 bits per heavy atom. The zero-order valence-corrected chi connectivity index (χ0v) is 9.23. The average molecular weight is 391 g/mol. The fourth-order valence-electron chi connectivity index (χ4n) is 0. The molecule has 0 aromatic carbocycles. The summed E-state index contributed by atoms with van der Waals surface area (Å²) in [5.74, 6) is 0. The van der Waals surface area contributed by atoms with E-state index >= 15 is 0 Å². The molecule has 0 unspecified atom stereocenters. The van der Waals surface area contributed by atoms with Gasteiger partial charge in [-0.05, 0) is 0 Å². The Balaban J connectivity index is 0. The predicted octanol–water partition coefficient (Wildman–Crippen LogP) is -0.0100. The van der Waals surface area contributed by atoms with Gasteiger partial charge in [-0.25, -0.2) is 0 Å². The van der Waals surface area contributed by atoms with Crippen LogP contribution in [0.5, 0.6) is 0 Å². The van der Waals surface area contributed by atoms with E-state index in [-0.39, 0.29) is 81.7 Å². The van der Waals surface area contributed by atoms with Gasteiger partial charge in [0.25, 0.3) is 0 Å². The molecule has 0 nitrogen and oxygen atoms in total. The molecule has 0 spiro atoms. The zero-order chi connectivity index (χ0) is 0. The van der Waals surface area contributed by atoms with Crippen molar-refractivity contribution >= 4 is 0 Å². The number of hydrogen-bond donors (Lipinski definition) is 0. The Hall–Kier alpha value is 2.62. The van der Waals surface area contributed by atoms with Crippen LogP contribution < -0.4 is 0 Å². The molecule has 0 aliphatic heterocycles. The second-order valence-corrected chi connectivity index (χ2v) is 0. The van der Waals surface area contributed by atoms with Crippen LogP contribution in [0.4, 0.5) is 0 Å². The molecule has 0 saturated heterocycles. The van der Waals surface area contributed by atoms with Crippen LogP contribution in [0.25, 0.3) is 0 Å². The van der Waals surface area contributed by atoms with Crippen molar-refractivity contribution in [3.63, 3.8) is 0 Å². The summed E-state index contributed by atoms with van der Waals surface area (Å²) < 4.78 is 0. The standard InChI is InChI=1S/Cr.Cu.W.Zr. The first-order chi connectivity index (χ1) is 0. The monoisotopic (exact) mass is 389 g/mol. The molecule has 0 heterocycles. The van der Waals surface area contributed by atoms with Crippen LogP contribution in [0, 0.1) is 0 Å². The summed E-state index contributed by atoms with van der Waals surface area (Å²) in [6.07, 6.45) is 0. The van der Waals surface area contributed by atoms with Crippen LogP contribution in [0.15, 0.2) is 0 Å². The normalized spacial score (nSPS) is 0. The molecular formula is CrCuWZr. The average Bonchev–Trinajstić information content (AvgIpc) is 0. The Morgan fingerprint density at radius 3 is 1.00 bits per heavy atom. The second kappa shape index (κ2) is 17.5. The molecule has 0 rings (SSSR count). The first kappa shape index (κ1) is 30.4. The third kappa shape index (κ3) is 8.82. The molecule has 4 heteroatoms. The van der Waals surface area contributed by atoms with Gasteiger partial charge in [0.15, 0.2) is 0 Å². The summed E-state index contributed by atoms with van der Waals surface area (Å²) in [5, 5.41) is 0. The fraction of sp³-hybridized carbons (Fsp3) is 0. The van der Waals surface area contributed by atoms with Crippen LogP contribution >= 0.6 is 0 Å². The Labute approximate surface area is 80.5 Å². The van der Waals surface area contributed by atoms with Crippen LogP contribution in [0.2, 0.25) is 0 Å². The molecular weight excluding hydrogens is 391 g/mol. The van der Waals surface area contributed by atoms with E-state index in [2.05, 4.69) is 0 Å². The summed E-state index contributed by atoms with van der Waals surface area (Å²) in [4.78, 5) is 0. The maximum atomic E-state index is 0. The molecule has 0 bridgehead atoms. The summed E-state index contributed by atoms with van der Waals surface area (Å²) in [6, 6.07) is 0. The molecule has 27 valence electrons.